The first-order chi connectivity index (χ1) is 9.78. The summed E-state index contributed by atoms with van der Waals surface area (Å²) >= 11 is 0. The summed E-state index contributed by atoms with van der Waals surface area (Å²) in [6.45, 7) is 7.88. The van der Waals surface area contributed by atoms with Crippen LogP contribution in [0.5, 0.6) is 0 Å². The van der Waals surface area contributed by atoms with Gasteiger partial charge in [0.25, 0.3) is 0 Å². The van der Waals surface area contributed by atoms with E-state index >= 15 is 0 Å². The number of aryl methyl sites for hydroxylation is 1. The van der Waals surface area contributed by atoms with Gasteiger partial charge in [-0.1, -0.05) is 6.07 Å². The van der Waals surface area contributed by atoms with Gasteiger partial charge in [-0.2, -0.15) is 5.26 Å². The zero-order valence-corrected chi connectivity index (χ0v) is 12.0. The van der Waals surface area contributed by atoms with Gasteiger partial charge >= 0.3 is 0 Å². The van der Waals surface area contributed by atoms with Gasteiger partial charge in [-0.3, -0.25) is 4.90 Å². The van der Waals surface area contributed by atoms with E-state index in [1.165, 1.54) is 6.42 Å². The molecule has 1 aromatic carbocycles. The smallest absolute Gasteiger partial charge is 0.101 e. The Morgan fingerprint density at radius 1 is 1.25 bits per heavy atom. The number of morpholine rings is 1. The van der Waals surface area contributed by atoms with Crippen LogP contribution in [0.1, 0.15) is 17.5 Å². The van der Waals surface area contributed by atoms with Crippen molar-refractivity contribution in [3.8, 4) is 6.07 Å². The molecule has 4 heteroatoms. The monoisotopic (exact) mass is 271 g/mol. The van der Waals surface area contributed by atoms with Crippen molar-refractivity contribution in [1.82, 2.24) is 4.90 Å². The highest BCUT2D eigenvalue weighted by molar-refractivity contribution is 5.61. The number of nitriles is 1. The molecular formula is C16H21N3O. The van der Waals surface area contributed by atoms with Crippen LogP contribution in [0.3, 0.4) is 0 Å². The van der Waals surface area contributed by atoms with Crippen molar-refractivity contribution in [1.29, 1.82) is 5.26 Å². The summed E-state index contributed by atoms with van der Waals surface area (Å²) in [6, 6.07) is 9.11. The van der Waals surface area contributed by atoms with Crippen LogP contribution in [-0.4, -0.2) is 50.3 Å². The lowest BCUT2D eigenvalue weighted by Crippen LogP contribution is -2.44. The van der Waals surface area contributed by atoms with Gasteiger partial charge in [-0.05, 0) is 31.0 Å². The van der Waals surface area contributed by atoms with Gasteiger partial charge in [0.2, 0.25) is 0 Å². The molecule has 1 unspecified atom stereocenters. The minimum absolute atomic E-state index is 0.603. The van der Waals surface area contributed by atoms with Crippen LogP contribution in [0.25, 0.3) is 0 Å². The Kier molecular flexibility index (Phi) is 3.90. The summed E-state index contributed by atoms with van der Waals surface area (Å²) in [5, 5.41) is 9.31. The van der Waals surface area contributed by atoms with E-state index in [0.29, 0.717) is 6.04 Å². The molecule has 0 aromatic heterocycles. The van der Waals surface area contributed by atoms with Crippen molar-refractivity contribution in [2.24, 2.45) is 0 Å². The summed E-state index contributed by atoms with van der Waals surface area (Å²) in [7, 11) is 0. The lowest BCUT2D eigenvalue weighted by atomic mass is 10.1. The highest BCUT2D eigenvalue weighted by Crippen LogP contribution is 2.27. The molecule has 2 aliphatic rings. The molecule has 2 heterocycles. The minimum atomic E-state index is 0.603. The average Bonchev–Trinajstić information content (AvgIpc) is 2.97. The lowest BCUT2D eigenvalue weighted by molar-refractivity contribution is 0.0209. The fourth-order valence-corrected chi connectivity index (χ4v) is 3.22. The van der Waals surface area contributed by atoms with Gasteiger partial charge in [0, 0.05) is 32.2 Å². The van der Waals surface area contributed by atoms with E-state index in [0.717, 1.165) is 56.2 Å². The topological polar surface area (TPSA) is 39.5 Å². The predicted molar refractivity (Wildman–Crippen MR) is 78.9 cm³/mol. The van der Waals surface area contributed by atoms with E-state index in [1.54, 1.807) is 0 Å². The molecule has 3 rings (SSSR count). The second kappa shape index (κ2) is 5.82. The second-order valence-electron chi connectivity index (χ2n) is 5.67. The summed E-state index contributed by atoms with van der Waals surface area (Å²) < 4.78 is 5.42. The normalized spacial score (nSPS) is 23.8. The first kappa shape index (κ1) is 13.4. The Morgan fingerprint density at radius 3 is 2.80 bits per heavy atom. The van der Waals surface area contributed by atoms with E-state index in [4.69, 9.17) is 4.74 Å². The van der Waals surface area contributed by atoms with Crippen LogP contribution in [0, 0.1) is 18.3 Å². The second-order valence-corrected chi connectivity index (χ2v) is 5.67. The molecular weight excluding hydrogens is 250 g/mol. The number of rotatable bonds is 2. The molecule has 0 amide bonds. The average molecular weight is 271 g/mol. The molecule has 106 valence electrons. The number of anilines is 1. The van der Waals surface area contributed by atoms with E-state index in [-0.39, 0.29) is 0 Å². The number of hydrogen-bond donors (Lipinski definition) is 0. The van der Waals surface area contributed by atoms with E-state index in [1.807, 2.05) is 13.0 Å². The van der Waals surface area contributed by atoms with Crippen molar-refractivity contribution in [2.75, 3.05) is 44.3 Å². The van der Waals surface area contributed by atoms with Crippen LogP contribution in [0.15, 0.2) is 18.2 Å². The zero-order valence-electron chi connectivity index (χ0n) is 12.0. The number of hydrogen-bond acceptors (Lipinski definition) is 4. The predicted octanol–water partition coefficient (Wildman–Crippen LogP) is 1.78. The first-order valence-electron chi connectivity index (χ1n) is 7.35. The molecule has 2 aliphatic heterocycles. The summed E-state index contributed by atoms with van der Waals surface area (Å²) in [4.78, 5) is 4.89. The molecule has 1 aromatic rings. The maximum Gasteiger partial charge on any atom is 0.101 e. The molecule has 4 nitrogen and oxygen atoms in total. The molecule has 2 fully saturated rings. The Balaban J connectivity index is 1.72. The molecule has 20 heavy (non-hydrogen) atoms. The van der Waals surface area contributed by atoms with E-state index in [2.05, 4.69) is 28.0 Å². The van der Waals surface area contributed by atoms with Crippen LogP contribution in [0.4, 0.5) is 5.69 Å². The van der Waals surface area contributed by atoms with Gasteiger partial charge in [0.1, 0.15) is 6.07 Å². The van der Waals surface area contributed by atoms with Gasteiger partial charge in [0.15, 0.2) is 0 Å². The molecule has 1 atom stereocenters. The molecule has 0 N–H and O–H groups in total. The third-order valence-electron chi connectivity index (χ3n) is 4.34. The standard InChI is InChI=1S/C16H21N3O/c1-13-2-3-16(14(10-13)11-17)19-5-4-15(12-19)18-6-8-20-9-7-18/h2-3,10,15H,4-9,12H2,1H3. The Hall–Kier alpha value is -1.57. The van der Waals surface area contributed by atoms with Crippen molar-refractivity contribution >= 4 is 5.69 Å². The molecule has 0 spiro atoms. The minimum Gasteiger partial charge on any atom is -0.379 e. The SMILES string of the molecule is Cc1ccc(N2CCC(N3CCOCC3)C2)c(C#N)c1. The first-order valence-corrected chi connectivity index (χ1v) is 7.35. The van der Waals surface area contributed by atoms with Crippen LogP contribution < -0.4 is 4.90 Å². The highest BCUT2D eigenvalue weighted by atomic mass is 16.5. The number of nitrogens with zero attached hydrogens (tertiary/aromatic N) is 3. The van der Waals surface area contributed by atoms with Gasteiger partial charge in [-0.25, -0.2) is 0 Å². The van der Waals surface area contributed by atoms with Gasteiger partial charge in [-0.15, -0.1) is 0 Å². The Morgan fingerprint density at radius 2 is 2.05 bits per heavy atom. The molecule has 0 radical (unpaired) electrons. The zero-order chi connectivity index (χ0) is 13.9. The Bertz CT molecular complexity index is 517. The van der Waals surface area contributed by atoms with Crippen LogP contribution in [-0.2, 0) is 4.74 Å². The quantitative estimate of drug-likeness (QED) is 0.822. The van der Waals surface area contributed by atoms with Crippen molar-refractivity contribution in [2.45, 2.75) is 19.4 Å². The molecule has 0 bridgehead atoms. The summed E-state index contributed by atoms with van der Waals surface area (Å²) in [5.74, 6) is 0. The van der Waals surface area contributed by atoms with E-state index < -0.39 is 0 Å². The van der Waals surface area contributed by atoms with Crippen molar-refractivity contribution in [3.05, 3.63) is 29.3 Å². The van der Waals surface area contributed by atoms with Crippen molar-refractivity contribution in [3.63, 3.8) is 0 Å². The maximum atomic E-state index is 9.31. The van der Waals surface area contributed by atoms with Crippen LogP contribution >= 0.6 is 0 Å². The van der Waals surface area contributed by atoms with Crippen LogP contribution in [0.2, 0.25) is 0 Å². The third kappa shape index (κ3) is 2.65. The van der Waals surface area contributed by atoms with E-state index in [9.17, 15) is 5.26 Å². The lowest BCUT2D eigenvalue weighted by Gasteiger charge is -2.32. The molecule has 2 saturated heterocycles. The number of ether oxygens (including phenoxy) is 1. The Labute approximate surface area is 120 Å². The fourth-order valence-electron chi connectivity index (χ4n) is 3.22. The molecule has 0 saturated carbocycles. The number of benzene rings is 1. The summed E-state index contributed by atoms with van der Waals surface area (Å²) in [5.41, 5.74) is 3.04. The van der Waals surface area contributed by atoms with Gasteiger partial charge < -0.3 is 9.64 Å². The molecule has 0 aliphatic carbocycles. The fraction of sp³-hybridized carbons (Fsp3) is 0.562. The summed E-state index contributed by atoms with van der Waals surface area (Å²) in [6.07, 6.45) is 1.18. The highest BCUT2D eigenvalue weighted by Gasteiger charge is 2.29. The maximum absolute atomic E-state index is 9.31. The van der Waals surface area contributed by atoms with Gasteiger partial charge in [0.05, 0.1) is 24.5 Å². The largest absolute Gasteiger partial charge is 0.379 e. The third-order valence-corrected chi connectivity index (χ3v) is 4.34. The van der Waals surface area contributed by atoms with Crippen molar-refractivity contribution < 1.29 is 4.74 Å².